The van der Waals surface area contributed by atoms with Gasteiger partial charge in [0.15, 0.2) is 12.4 Å². The van der Waals surface area contributed by atoms with Gasteiger partial charge in [-0.1, -0.05) is 282 Å². The van der Waals surface area contributed by atoms with Crippen molar-refractivity contribution in [3.05, 3.63) is 134 Å². The van der Waals surface area contributed by atoms with E-state index in [0.29, 0.717) is 17.4 Å². The number of rotatable bonds is 62. The second-order valence-corrected chi connectivity index (χ2v) is 23.7. The highest BCUT2D eigenvalue weighted by molar-refractivity contribution is 5.70. The van der Waals surface area contributed by atoms with Crippen molar-refractivity contribution in [3.63, 3.8) is 0 Å². The Bertz CT molecular complexity index is 1860. The maximum Gasteiger partial charge on any atom is 0.306 e. The van der Waals surface area contributed by atoms with Crippen molar-refractivity contribution in [3.8, 4) is 0 Å². The van der Waals surface area contributed by atoms with Crippen LogP contribution in [-0.2, 0) is 33.3 Å². The van der Waals surface area contributed by atoms with Crippen molar-refractivity contribution in [2.75, 3.05) is 47.5 Å². The summed E-state index contributed by atoms with van der Waals surface area (Å²) >= 11 is 0. The summed E-state index contributed by atoms with van der Waals surface area (Å²) in [6.07, 6.45) is 90.9. The van der Waals surface area contributed by atoms with Crippen LogP contribution in [0.5, 0.6) is 0 Å². The number of nitrogens with zero attached hydrogens (tertiary/aromatic N) is 1. The van der Waals surface area contributed by atoms with Gasteiger partial charge >= 0.3 is 11.9 Å². The Morgan fingerprint density at radius 1 is 0.353 bits per heavy atom. The minimum Gasteiger partial charge on any atom is -0.545 e. The van der Waals surface area contributed by atoms with E-state index in [1.165, 1.54) is 122 Å². The monoisotopic (exact) mass is 1180 g/mol. The van der Waals surface area contributed by atoms with E-state index in [-0.39, 0.29) is 38.6 Å². The molecule has 0 heterocycles. The molecule has 484 valence electrons. The Morgan fingerprint density at radius 2 is 0.635 bits per heavy atom. The standard InChI is InChI=1S/C76H127NO8/c1-6-8-10-12-14-16-18-20-22-24-26-28-30-32-34-35-36-37-38-39-41-43-45-47-49-51-53-55-57-59-61-63-65-67-74(79)85-72(71-84-76(75(80)81)82-69-68-77(3,4)5)70-83-73(78)66-64-62-60-58-56-54-52-50-48-46-44-42-40-33-31-29-27-25-23-21-19-17-15-13-11-9-7-2/h8-11,14-17,20-23,26-29,32-34,36-37,40,72,76H,6-7,12-13,18-19,24-25,30-31,35,38-39,41-71H2,1-5H3/b10-8-,11-9-,16-14-,17-15-,22-20-,23-21-,28-26-,29-27-,34-32-,37-36-,40-33-. The lowest BCUT2D eigenvalue weighted by atomic mass is 10.0. The molecule has 0 radical (unpaired) electrons. The molecule has 0 fully saturated rings. The van der Waals surface area contributed by atoms with Crippen LogP contribution >= 0.6 is 0 Å². The number of hydrogen-bond acceptors (Lipinski definition) is 8. The number of aliphatic carboxylic acids is 1. The molecule has 0 aromatic carbocycles. The molecule has 0 saturated carbocycles. The number of carboxylic acid groups (broad SMARTS) is 1. The molecule has 0 aromatic heterocycles. The molecule has 9 nitrogen and oxygen atoms in total. The van der Waals surface area contributed by atoms with E-state index in [2.05, 4.69) is 148 Å². The van der Waals surface area contributed by atoms with Gasteiger partial charge in [-0.2, -0.15) is 0 Å². The Morgan fingerprint density at radius 3 is 0.941 bits per heavy atom. The maximum atomic E-state index is 12.9. The van der Waals surface area contributed by atoms with Gasteiger partial charge in [0, 0.05) is 12.8 Å². The van der Waals surface area contributed by atoms with Gasteiger partial charge in [0.05, 0.1) is 40.3 Å². The summed E-state index contributed by atoms with van der Waals surface area (Å²) < 4.78 is 22.8. The predicted octanol–water partition coefficient (Wildman–Crippen LogP) is 20.0. The lowest BCUT2D eigenvalue weighted by Gasteiger charge is -2.26. The smallest absolute Gasteiger partial charge is 0.306 e. The first kappa shape index (κ1) is 80.4. The lowest BCUT2D eigenvalue weighted by molar-refractivity contribution is -0.870. The molecule has 0 aromatic rings. The summed E-state index contributed by atoms with van der Waals surface area (Å²) in [5.41, 5.74) is 0. The second-order valence-electron chi connectivity index (χ2n) is 23.7. The number of ether oxygens (including phenoxy) is 4. The Balaban J connectivity index is 4.16. The highest BCUT2D eigenvalue weighted by Crippen LogP contribution is 2.17. The predicted molar refractivity (Wildman–Crippen MR) is 361 cm³/mol. The Labute approximate surface area is 522 Å². The molecule has 85 heavy (non-hydrogen) atoms. The van der Waals surface area contributed by atoms with Crippen molar-refractivity contribution in [2.45, 2.75) is 283 Å². The van der Waals surface area contributed by atoms with E-state index in [1.807, 2.05) is 21.1 Å². The number of likely N-dealkylation sites (N-methyl/N-ethyl adjacent to an activating group) is 1. The van der Waals surface area contributed by atoms with E-state index < -0.39 is 24.3 Å². The Kier molecular flexibility index (Phi) is 61.9. The molecular formula is C76H127NO8. The molecule has 2 unspecified atom stereocenters. The molecular weight excluding hydrogens is 1050 g/mol. The van der Waals surface area contributed by atoms with Crippen LogP contribution in [0.1, 0.15) is 271 Å². The van der Waals surface area contributed by atoms with Gasteiger partial charge in [-0.05, 0) is 109 Å². The van der Waals surface area contributed by atoms with Crippen LogP contribution < -0.4 is 5.11 Å². The van der Waals surface area contributed by atoms with Gasteiger partial charge in [0.1, 0.15) is 13.2 Å². The van der Waals surface area contributed by atoms with Crippen LogP contribution in [0, 0.1) is 0 Å². The average Bonchev–Trinajstić information content (AvgIpc) is 3.49. The number of hydrogen-bond donors (Lipinski definition) is 0. The summed E-state index contributed by atoms with van der Waals surface area (Å²) in [6.45, 7) is 4.52. The van der Waals surface area contributed by atoms with Crippen molar-refractivity contribution < 1.29 is 42.9 Å². The van der Waals surface area contributed by atoms with Gasteiger partial charge in [-0.3, -0.25) is 9.59 Å². The molecule has 0 saturated heterocycles. The molecule has 0 amide bonds. The molecule has 0 rings (SSSR count). The molecule has 0 aliphatic rings. The van der Waals surface area contributed by atoms with E-state index >= 15 is 0 Å². The van der Waals surface area contributed by atoms with E-state index in [9.17, 15) is 19.5 Å². The number of allylic oxidation sites excluding steroid dienone is 22. The minimum absolute atomic E-state index is 0.142. The first-order valence-corrected chi connectivity index (χ1v) is 34.3. The summed E-state index contributed by atoms with van der Waals surface area (Å²) in [5, 5.41) is 11.8. The fourth-order valence-corrected chi connectivity index (χ4v) is 9.22. The van der Waals surface area contributed by atoms with Gasteiger partial charge in [-0.25, -0.2) is 0 Å². The number of unbranched alkanes of at least 4 members (excludes halogenated alkanes) is 25. The summed E-state index contributed by atoms with van der Waals surface area (Å²) in [6, 6.07) is 0. The van der Waals surface area contributed by atoms with E-state index in [1.54, 1.807) is 0 Å². The summed E-state index contributed by atoms with van der Waals surface area (Å²) in [5.74, 6) is -2.29. The molecule has 0 bridgehead atoms. The maximum absolute atomic E-state index is 12.9. The van der Waals surface area contributed by atoms with Crippen molar-refractivity contribution in [2.24, 2.45) is 0 Å². The number of carbonyl (C=O) groups is 3. The zero-order valence-corrected chi connectivity index (χ0v) is 55.2. The third-order valence-corrected chi connectivity index (χ3v) is 14.4. The number of carbonyl (C=O) groups excluding carboxylic acids is 3. The molecule has 9 heteroatoms. The fourth-order valence-electron chi connectivity index (χ4n) is 9.22. The molecule has 0 N–H and O–H groups in total. The third-order valence-electron chi connectivity index (χ3n) is 14.4. The quantitative estimate of drug-likeness (QED) is 0.0195. The first-order valence-electron chi connectivity index (χ1n) is 34.3. The van der Waals surface area contributed by atoms with Crippen molar-refractivity contribution >= 4 is 17.9 Å². The van der Waals surface area contributed by atoms with Gasteiger partial charge in [0.2, 0.25) is 0 Å². The summed E-state index contributed by atoms with van der Waals surface area (Å²) in [4.78, 5) is 37.5. The zero-order chi connectivity index (χ0) is 61.9. The third kappa shape index (κ3) is 66.8. The SMILES string of the molecule is CC/C=C\C/C=C\C/C=C\C/C=C\C/C=C\C/C=C\CCCCCCCCCCCCCCCCC(=O)OC(COC(=O)CCCCCCCCCCCCC/C=C\C/C=C\C/C=C\C/C=C\C/C=C\CC)COC(OCC[N+](C)(C)C)C(=O)[O-]. The highest BCUT2D eigenvalue weighted by Gasteiger charge is 2.22. The van der Waals surface area contributed by atoms with Crippen LogP contribution in [0.2, 0.25) is 0 Å². The van der Waals surface area contributed by atoms with Gasteiger partial charge in [0.25, 0.3) is 0 Å². The van der Waals surface area contributed by atoms with Crippen LogP contribution in [0.3, 0.4) is 0 Å². The van der Waals surface area contributed by atoms with Crippen LogP contribution in [0.25, 0.3) is 0 Å². The minimum atomic E-state index is -1.63. The normalized spacial score (nSPS) is 13.6. The van der Waals surface area contributed by atoms with Gasteiger partial charge in [-0.15, -0.1) is 0 Å². The average molecular weight is 1180 g/mol. The van der Waals surface area contributed by atoms with Crippen LogP contribution in [-0.4, -0.2) is 82.3 Å². The summed E-state index contributed by atoms with van der Waals surface area (Å²) in [7, 11) is 5.92. The highest BCUT2D eigenvalue weighted by atomic mass is 16.7. The molecule has 0 aliphatic heterocycles. The first-order chi connectivity index (χ1) is 41.6. The number of carboxylic acids is 1. The molecule has 0 aliphatic carbocycles. The second kappa shape index (κ2) is 65.4. The van der Waals surface area contributed by atoms with Crippen LogP contribution in [0.15, 0.2) is 134 Å². The van der Waals surface area contributed by atoms with E-state index in [0.717, 1.165) is 116 Å². The number of quaternary nitrogens is 1. The van der Waals surface area contributed by atoms with Gasteiger partial charge < -0.3 is 33.3 Å². The lowest BCUT2D eigenvalue weighted by Crippen LogP contribution is -2.44. The van der Waals surface area contributed by atoms with Crippen molar-refractivity contribution in [1.82, 2.24) is 0 Å². The Hall–Kier alpha value is -4.57. The topological polar surface area (TPSA) is 111 Å². The zero-order valence-electron chi connectivity index (χ0n) is 55.2. The molecule has 0 spiro atoms. The molecule has 2 atom stereocenters. The largest absolute Gasteiger partial charge is 0.545 e. The number of esters is 2. The fraction of sp³-hybridized carbons (Fsp3) is 0.671. The van der Waals surface area contributed by atoms with Crippen molar-refractivity contribution in [1.29, 1.82) is 0 Å². The van der Waals surface area contributed by atoms with E-state index in [4.69, 9.17) is 18.9 Å². The van der Waals surface area contributed by atoms with Crippen LogP contribution in [0.4, 0.5) is 0 Å².